The van der Waals surface area contributed by atoms with E-state index in [-0.39, 0.29) is 24.9 Å². The lowest BCUT2D eigenvalue weighted by Gasteiger charge is -2.34. The van der Waals surface area contributed by atoms with Gasteiger partial charge in [0.2, 0.25) is 5.91 Å². The highest BCUT2D eigenvalue weighted by molar-refractivity contribution is 5.86. The van der Waals surface area contributed by atoms with Crippen molar-refractivity contribution in [3.05, 3.63) is 59.7 Å². The van der Waals surface area contributed by atoms with Gasteiger partial charge in [0, 0.05) is 25.4 Å². The Balaban J connectivity index is 1.33. The van der Waals surface area contributed by atoms with E-state index in [0.717, 1.165) is 30.4 Å². The van der Waals surface area contributed by atoms with E-state index in [1.807, 2.05) is 31.2 Å². The minimum atomic E-state index is -0.779. The van der Waals surface area contributed by atoms with Crippen LogP contribution in [0.15, 0.2) is 48.5 Å². The lowest BCUT2D eigenvalue weighted by atomic mass is 9.92. The highest BCUT2D eigenvalue weighted by Crippen LogP contribution is 2.44. The number of fused-ring (bicyclic) bond motifs is 3. The number of benzene rings is 2. The first-order chi connectivity index (χ1) is 17.0. The first-order valence-electron chi connectivity index (χ1n) is 12.6. The summed E-state index contributed by atoms with van der Waals surface area (Å²) in [7, 11) is 0. The third-order valence-corrected chi connectivity index (χ3v) is 7.20. The Hall–Kier alpha value is -3.35. The molecule has 2 amide bonds. The van der Waals surface area contributed by atoms with E-state index < -0.39 is 18.1 Å². The third kappa shape index (κ3) is 5.84. The maximum atomic E-state index is 13.1. The van der Waals surface area contributed by atoms with Gasteiger partial charge in [-0.05, 0) is 53.9 Å². The van der Waals surface area contributed by atoms with Crippen molar-refractivity contribution in [3.63, 3.8) is 0 Å². The number of nitrogens with zero attached hydrogens (tertiary/aromatic N) is 1. The van der Waals surface area contributed by atoms with Crippen molar-refractivity contribution in [2.24, 2.45) is 5.92 Å². The first-order valence-corrected chi connectivity index (χ1v) is 12.6. The normalized spacial score (nSPS) is 16.3. The lowest BCUT2D eigenvalue weighted by Crippen LogP contribution is -2.51. The number of hydrogen-bond donors (Lipinski definition) is 2. The number of carboxylic acids is 1. The van der Waals surface area contributed by atoms with Crippen molar-refractivity contribution >= 4 is 18.0 Å². The number of likely N-dealkylation sites (tertiary alicyclic amines) is 1. The molecule has 2 aromatic carbocycles. The Kier molecular flexibility index (Phi) is 8.06. The van der Waals surface area contributed by atoms with Crippen LogP contribution >= 0.6 is 0 Å². The number of alkyl carbamates (subject to hydrolysis) is 1. The highest BCUT2D eigenvalue weighted by Gasteiger charge is 2.31. The molecule has 186 valence electrons. The van der Waals surface area contributed by atoms with Crippen LogP contribution in [-0.2, 0) is 14.3 Å². The zero-order valence-electron chi connectivity index (χ0n) is 20.2. The zero-order chi connectivity index (χ0) is 24.8. The van der Waals surface area contributed by atoms with Crippen LogP contribution in [0.3, 0.4) is 0 Å². The van der Waals surface area contributed by atoms with Crippen LogP contribution in [-0.4, -0.2) is 53.7 Å². The molecule has 1 saturated heterocycles. The highest BCUT2D eigenvalue weighted by atomic mass is 16.5. The van der Waals surface area contributed by atoms with Crippen molar-refractivity contribution in [2.75, 3.05) is 19.7 Å². The summed E-state index contributed by atoms with van der Waals surface area (Å²) in [6, 6.07) is 15.7. The Bertz CT molecular complexity index is 1020. The number of aliphatic carboxylic acids is 1. The van der Waals surface area contributed by atoms with Crippen LogP contribution in [0.1, 0.15) is 62.5 Å². The fourth-order valence-corrected chi connectivity index (χ4v) is 5.32. The van der Waals surface area contributed by atoms with Crippen molar-refractivity contribution in [2.45, 2.75) is 57.4 Å². The summed E-state index contributed by atoms with van der Waals surface area (Å²) in [5, 5.41) is 11.7. The number of ether oxygens (including phenoxy) is 1. The molecule has 0 saturated carbocycles. The van der Waals surface area contributed by atoms with E-state index in [2.05, 4.69) is 29.6 Å². The molecule has 1 aliphatic heterocycles. The SMILES string of the molecule is CCC[C@@H](NC(=O)OCC1c2ccccc2-c2ccccc21)C(=O)N1CCC(CCC(=O)O)CC1. The summed E-state index contributed by atoms with van der Waals surface area (Å²) >= 11 is 0. The molecular formula is C28H34N2O5. The van der Waals surface area contributed by atoms with Gasteiger partial charge in [-0.25, -0.2) is 4.79 Å². The minimum absolute atomic E-state index is 0.0293. The van der Waals surface area contributed by atoms with Gasteiger partial charge < -0.3 is 20.1 Å². The van der Waals surface area contributed by atoms with E-state index in [9.17, 15) is 14.4 Å². The summed E-state index contributed by atoms with van der Waals surface area (Å²) in [4.78, 5) is 38.5. The van der Waals surface area contributed by atoms with Crippen LogP contribution in [0.5, 0.6) is 0 Å². The summed E-state index contributed by atoms with van der Waals surface area (Å²) in [5.74, 6) is -0.566. The molecule has 2 aromatic rings. The van der Waals surface area contributed by atoms with Gasteiger partial charge in [0.15, 0.2) is 0 Å². The van der Waals surface area contributed by atoms with Crippen molar-refractivity contribution in [3.8, 4) is 11.1 Å². The molecule has 2 aliphatic rings. The summed E-state index contributed by atoms with van der Waals surface area (Å²) in [6.45, 7) is 3.38. The summed E-state index contributed by atoms with van der Waals surface area (Å²) in [5.41, 5.74) is 4.63. The van der Waals surface area contributed by atoms with E-state index in [0.29, 0.717) is 31.8 Å². The predicted molar refractivity (Wildman–Crippen MR) is 133 cm³/mol. The average Bonchev–Trinajstić information content (AvgIpc) is 3.19. The fraction of sp³-hybridized carbons (Fsp3) is 0.464. The van der Waals surface area contributed by atoms with Crippen molar-refractivity contribution < 1.29 is 24.2 Å². The van der Waals surface area contributed by atoms with Gasteiger partial charge in [0.25, 0.3) is 0 Å². The Morgan fingerprint density at radius 3 is 2.20 bits per heavy atom. The second kappa shape index (κ2) is 11.4. The topological polar surface area (TPSA) is 95.9 Å². The van der Waals surface area contributed by atoms with Gasteiger partial charge in [-0.2, -0.15) is 0 Å². The monoisotopic (exact) mass is 478 g/mol. The molecule has 0 unspecified atom stereocenters. The molecular weight excluding hydrogens is 444 g/mol. The number of carboxylic acid groups (broad SMARTS) is 1. The number of rotatable bonds is 9. The van der Waals surface area contributed by atoms with E-state index in [1.54, 1.807) is 4.90 Å². The smallest absolute Gasteiger partial charge is 0.407 e. The second-order valence-electron chi connectivity index (χ2n) is 9.51. The number of hydrogen-bond acceptors (Lipinski definition) is 4. The van der Waals surface area contributed by atoms with Gasteiger partial charge in [-0.1, -0.05) is 61.9 Å². The van der Waals surface area contributed by atoms with Crippen LogP contribution < -0.4 is 5.32 Å². The lowest BCUT2D eigenvalue weighted by molar-refractivity contribution is -0.138. The molecule has 35 heavy (non-hydrogen) atoms. The van der Waals surface area contributed by atoms with Crippen LogP contribution in [0, 0.1) is 5.92 Å². The molecule has 1 atom stereocenters. The van der Waals surface area contributed by atoms with Crippen LogP contribution in [0.2, 0.25) is 0 Å². The van der Waals surface area contributed by atoms with E-state index in [1.165, 1.54) is 11.1 Å². The van der Waals surface area contributed by atoms with Gasteiger partial charge >= 0.3 is 12.1 Å². The number of nitrogens with one attached hydrogen (secondary N) is 1. The van der Waals surface area contributed by atoms with E-state index >= 15 is 0 Å². The number of carbonyl (C=O) groups excluding carboxylic acids is 2. The largest absolute Gasteiger partial charge is 0.481 e. The maximum Gasteiger partial charge on any atom is 0.407 e. The molecule has 0 bridgehead atoms. The van der Waals surface area contributed by atoms with Gasteiger partial charge in [-0.3, -0.25) is 9.59 Å². The fourth-order valence-electron chi connectivity index (χ4n) is 5.32. The standard InChI is InChI=1S/C28H34N2O5/c1-2-7-25(27(33)30-16-14-19(15-17-30)12-13-26(31)32)29-28(34)35-18-24-22-10-5-3-8-20(22)21-9-4-6-11-23(21)24/h3-6,8-11,19,24-25H,2,7,12-18H2,1H3,(H,29,34)(H,31,32)/t25-/m1/s1. The molecule has 0 aromatic heterocycles. The Morgan fingerprint density at radius 2 is 1.63 bits per heavy atom. The molecule has 0 radical (unpaired) electrons. The van der Waals surface area contributed by atoms with Crippen LogP contribution in [0.4, 0.5) is 4.79 Å². The Labute approximate surface area is 206 Å². The number of piperidine rings is 1. The number of carbonyl (C=O) groups is 3. The quantitative estimate of drug-likeness (QED) is 0.540. The molecule has 2 N–H and O–H groups in total. The second-order valence-corrected chi connectivity index (χ2v) is 9.51. The van der Waals surface area contributed by atoms with Gasteiger partial charge in [0.1, 0.15) is 12.6 Å². The minimum Gasteiger partial charge on any atom is -0.481 e. The molecule has 1 fully saturated rings. The molecule has 0 spiro atoms. The van der Waals surface area contributed by atoms with Gasteiger partial charge in [0.05, 0.1) is 0 Å². The van der Waals surface area contributed by atoms with Crippen LogP contribution in [0.25, 0.3) is 11.1 Å². The first kappa shape index (κ1) is 24.8. The van der Waals surface area contributed by atoms with Crippen molar-refractivity contribution in [1.82, 2.24) is 10.2 Å². The predicted octanol–water partition coefficient (Wildman–Crippen LogP) is 4.80. The summed E-state index contributed by atoms with van der Waals surface area (Å²) < 4.78 is 5.65. The molecule has 1 heterocycles. The molecule has 1 aliphatic carbocycles. The maximum absolute atomic E-state index is 13.1. The molecule has 7 heteroatoms. The number of amides is 2. The Morgan fingerprint density at radius 1 is 1.03 bits per heavy atom. The molecule has 4 rings (SSSR count). The van der Waals surface area contributed by atoms with Gasteiger partial charge in [-0.15, -0.1) is 0 Å². The average molecular weight is 479 g/mol. The third-order valence-electron chi connectivity index (χ3n) is 7.20. The zero-order valence-corrected chi connectivity index (χ0v) is 20.2. The van der Waals surface area contributed by atoms with E-state index in [4.69, 9.17) is 9.84 Å². The van der Waals surface area contributed by atoms with Crippen molar-refractivity contribution in [1.29, 1.82) is 0 Å². The summed E-state index contributed by atoms with van der Waals surface area (Å²) in [6.07, 6.45) is 3.13. The molecule has 7 nitrogen and oxygen atoms in total.